The normalized spacial score (nSPS) is 14.3. The Bertz CT molecular complexity index is 1490. The van der Waals surface area contributed by atoms with Gasteiger partial charge in [-0.1, -0.05) is 32.9 Å². The summed E-state index contributed by atoms with van der Waals surface area (Å²) in [5.74, 6) is 0.0472. The minimum absolute atomic E-state index is 0.00615. The predicted molar refractivity (Wildman–Crippen MR) is 153 cm³/mol. The number of hydrogen-bond acceptors (Lipinski definition) is 4. The number of likely N-dealkylation sites (tertiary alicyclic amines) is 1. The molecule has 4 aromatic rings. The summed E-state index contributed by atoms with van der Waals surface area (Å²) in [5.41, 5.74) is 4.75. The molecule has 0 radical (unpaired) electrons. The van der Waals surface area contributed by atoms with Gasteiger partial charge in [0.2, 0.25) is 5.91 Å². The van der Waals surface area contributed by atoms with Crippen LogP contribution in [-0.2, 0) is 4.79 Å². The maximum atomic E-state index is 13.0. The molecular formula is C31H33N5O3. The quantitative estimate of drug-likeness (QED) is 0.306. The topological polar surface area (TPSA) is 107 Å². The number of aromatic nitrogens is 2. The molecule has 200 valence electrons. The molecule has 1 aliphatic heterocycles. The van der Waals surface area contributed by atoms with E-state index >= 15 is 0 Å². The molecule has 1 aliphatic rings. The number of rotatable bonds is 5. The zero-order valence-electron chi connectivity index (χ0n) is 22.5. The number of aromatic amines is 1. The van der Waals surface area contributed by atoms with E-state index in [1.807, 2.05) is 62.1 Å². The van der Waals surface area contributed by atoms with Crippen LogP contribution in [0.25, 0.3) is 11.0 Å². The van der Waals surface area contributed by atoms with E-state index in [0.717, 1.165) is 29.6 Å². The molecule has 3 N–H and O–H groups in total. The lowest BCUT2D eigenvalue weighted by molar-refractivity contribution is -0.123. The number of carbonyl (C=O) groups is 3. The lowest BCUT2D eigenvalue weighted by Crippen LogP contribution is -2.37. The fraction of sp³-hybridized carbons (Fsp3) is 0.290. The number of carbonyl (C=O) groups excluding carboxylic acids is 3. The van der Waals surface area contributed by atoms with E-state index in [1.165, 1.54) is 5.56 Å². The summed E-state index contributed by atoms with van der Waals surface area (Å²) in [4.78, 5) is 47.3. The fourth-order valence-corrected chi connectivity index (χ4v) is 4.71. The van der Waals surface area contributed by atoms with E-state index < -0.39 is 5.41 Å². The van der Waals surface area contributed by atoms with Crippen LogP contribution in [0, 0.1) is 5.41 Å². The maximum absolute atomic E-state index is 13.0. The molecule has 2 aromatic heterocycles. The van der Waals surface area contributed by atoms with Crippen LogP contribution in [0.1, 0.15) is 65.9 Å². The molecule has 1 saturated heterocycles. The Morgan fingerprint density at radius 2 is 1.49 bits per heavy atom. The van der Waals surface area contributed by atoms with E-state index in [-0.39, 0.29) is 17.7 Å². The third-order valence-electron chi connectivity index (χ3n) is 7.13. The molecule has 0 unspecified atom stereocenters. The first-order valence-corrected chi connectivity index (χ1v) is 13.2. The smallest absolute Gasteiger partial charge is 0.274 e. The lowest BCUT2D eigenvalue weighted by atomic mass is 9.89. The van der Waals surface area contributed by atoms with Crippen molar-refractivity contribution < 1.29 is 14.4 Å². The molecule has 8 nitrogen and oxygen atoms in total. The molecule has 0 aliphatic carbocycles. The molecule has 8 heteroatoms. The monoisotopic (exact) mass is 523 g/mol. The third kappa shape index (κ3) is 6.00. The number of piperidine rings is 1. The lowest BCUT2D eigenvalue weighted by Gasteiger charge is -2.32. The van der Waals surface area contributed by atoms with Gasteiger partial charge >= 0.3 is 0 Å². The number of nitrogens with zero attached hydrogens (tertiary/aromatic N) is 2. The minimum atomic E-state index is -0.483. The number of nitrogens with one attached hydrogen (secondary N) is 3. The number of anilines is 2. The molecule has 0 atom stereocenters. The molecule has 3 heterocycles. The Morgan fingerprint density at radius 3 is 2.15 bits per heavy atom. The first kappa shape index (κ1) is 26.2. The van der Waals surface area contributed by atoms with Crippen molar-refractivity contribution in [3.8, 4) is 0 Å². The molecule has 3 amide bonds. The number of fused-ring (bicyclic) bond motifs is 1. The highest BCUT2D eigenvalue weighted by Gasteiger charge is 2.25. The SMILES string of the molecule is CC(C)(C)C(=O)Nc1ccc(C(=O)N2CCC(c3ccc(NC(=O)c4ccc5[nH]ccc5n4)cc3)CC2)cc1. The van der Waals surface area contributed by atoms with Gasteiger partial charge in [0.25, 0.3) is 11.8 Å². The number of pyridine rings is 1. The highest BCUT2D eigenvalue weighted by Crippen LogP contribution is 2.30. The fourth-order valence-electron chi connectivity index (χ4n) is 4.71. The largest absolute Gasteiger partial charge is 0.360 e. The number of hydrogen-bond donors (Lipinski definition) is 3. The van der Waals surface area contributed by atoms with Gasteiger partial charge < -0.3 is 20.5 Å². The summed E-state index contributed by atoms with van der Waals surface area (Å²) in [6, 6.07) is 20.4. The standard InChI is InChI=1S/C31H33N5O3/c1-31(2,3)30(39)34-24-10-6-22(7-11-24)29(38)36-18-15-21(16-19-36)20-4-8-23(9-5-20)33-28(37)27-13-12-25-26(35-27)14-17-32-25/h4-14,17,21,32H,15-16,18-19H2,1-3H3,(H,33,37)(H,34,39). The van der Waals surface area contributed by atoms with Crippen LogP contribution in [-0.4, -0.2) is 45.7 Å². The second kappa shape index (κ2) is 10.7. The van der Waals surface area contributed by atoms with E-state index in [9.17, 15) is 14.4 Å². The van der Waals surface area contributed by atoms with Crippen LogP contribution in [0.5, 0.6) is 0 Å². The molecule has 0 saturated carbocycles. The van der Waals surface area contributed by atoms with Gasteiger partial charge in [0.15, 0.2) is 0 Å². The summed E-state index contributed by atoms with van der Waals surface area (Å²) >= 11 is 0. The highest BCUT2D eigenvalue weighted by atomic mass is 16.2. The zero-order valence-corrected chi connectivity index (χ0v) is 22.5. The Labute approximate surface area is 227 Å². The summed E-state index contributed by atoms with van der Waals surface area (Å²) in [5, 5.41) is 5.81. The van der Waals surface area contributed by atoms with E-state index in [0.29, 0.717) is 36.0 Å². The number of benzene rings is 2. The summed E-state index contributed by atoms with van der Waals surface area (Å²) in [7, 11) is 0. The van der Waals surface area contributed by atoms with Gasteiger partial charge in [-0.15, -0.1) is 0 Å². The van der Waals surface area contributed by atoms with Crippen molar-refractivity contribution in [2.75, 3.05) is 23.7 Å². The van der Waals surface area contributed by atoms with Crippen molar-refractivity contribution in [1.29, 1.82) is 0 Å². The van der Waals surface area contributed by atoms with Crippen molar-refractivity contribution >= 4 is 40.1 Å². The molecule has 0 spiro atoms. The van der Waals surface area contributed by atoms with E-state index in [2.05, 4.69) is 20.6 Å². The van der Waals surface area contributed by atoms with Gasteiger partial charge in [-0.25, -0.2) is 4.98 Å². The number of H-pyrrole nitrogens is 1. The Hall–Kier alpha value is -4.46. The van der Waals surface area contributed by atoms with Crippen LogP contribution < -0.4 is 10.6 Å². The molecule has 1 fully saturated rings. The van der Waals surface area contributed by atoms with Gasteiger partial charge in [0.1, 0.15) is 5.69 Å². The van der Waals surface area contributed by atoms with Crippen LogP contribution in [0.3, 0.4) is 0 Å². The Balaban J connectivity index is 1.13. The van der Waals surface area contributed by atoms with Crippen LogP contribution in [0.4, 0.5) is 11.4 Å². The average Bonchev–Trinajstić information content (AvgIpc) is 3.41. The van der Waals surface area contributed by atoms with Gasteiger partial charge in [0, 0.05) is 41.6 Å². The van der Waals surface area contributed by atoms with E-state index in [1.54, 1.807) is 36.5 Å². The van der Waals surface area contributed by atoms with Crippen LogP contribution in [0.2, 0.25) is 0 Å². The van der Waals surface area contributed by atoms with Crippen molar-refractivity contribution in [2.45, 2.75) is 39.5 Å². The Morgan fingerprint density at radius 1 is 0.846 bits per heavy atom. The van der Waals surface area contributed by atoms with E-state index in [4.69, 9.17) is 0 Å². The minimum Gasteiger partial charge on any atom is -0.360 e. The first-order chi connectivity index (χ1) is 18.7. The van der Waals surface area contributed by atoms with Gasteiger partial charge in [-0.3, -0.25) is 14.4 Å². The molecular weight excluding hydrogens is 490 g/mol. The van der Waals surface area contributed by atoms with Crippen LogP contribution >= 0.6 is 0 Å². The molecule has 2 aromatic carbocycles. The Kier molecular flexibility index (Phi) is 7.19. The second-order valence-corrected chi connectivity index (χ2v) is 11.0. The average molecular weight is 524 g/mol. The first-order valence-electron chi connectivity index (χ1n) is 13.2. The number of amides is 3. The van der Waals surface area contributed by atoms with Crippen LogP contribution in [0.15, 0.2) is 72.9 Å². The summed E-state index contributed by atoms with van der Waals surface area (Å²) in [6.07, 6.45) is 3.54. The third-order valence-corrected chi connectivity index (χ3v) is 7.13. The summed E-state index contributed by atoms with van der Waals surface area (Å²) < 4.78 is 0. The second-order valence-electron chi connectivity index (χ2n) is 11.0. The predicted octanol–water partition coefficient (Wildman–Crippen LogP) is 5.82. The molecule has 39 heavy (non-hydrogen) atoms. The maximum Gasteiger partial charge on any atom is 0.274 e. The van der Waals surface area contributed by atoms with Crippen molar-refractivity contribution in [2.24, 2.45) is 5.41 Å². The molecule has 0 bridgehead atoms. The highest BCUT2D eigenvalue weighted by molar-refractivity contribution is 6.04. The zero-order chi connectivity index (χ0) is 27.6. The van der Waals surface area contributed by atoms with Gasteiger partial charge in [-0.05, 0) is 78.9 Å². The van der Waals surface area contributed by atoms with Crippen molar-refractivity contribution in [3.63, 3.8) is 0 Å². The summed E-state index contributed by atoms with van der Waals surface area (Å²) in [6.45, 7) is 6.94. The van der Waals surface area contributed by atoms with Crippen molar-refractivity contribution in [3.05, 3.63) is 89.7 Å². The van der Waals surface area contributed by atoms with Crippen molar-refractivity contribution in [1.82, 2.24) is 14.9 Å². The van der Waals surface area contributed by atoms with Gasteiger partial charge in [-0.2, -0.15) is 0 Å². The molecule has 5 rings (SSSR count). The van der Waals surface area contributed by atoms with Gasteiger partial charge in [0.05, 0.1) is 11.0 Å².